The van der Waals surface area contributed by atoms with Crippen molar-refractivity contribution < 1.29 is 0 Å². The number of fused-ring (bicyclic) bond motifs is 3. The number of nitrogens with zero attached hydrogens (tertiary/aromatic N) is 1. The predicted molar refractivity (Wildman–Crippen MR) is 68.3 cm³/mol. The second-order valence-electron chi connectivity index (χ2n) is 4.13. The highest BCUT2D eigenvalue weighted by Crippen LogP contribution is 2.28. The van der Waals surface area contributed by atoms with Gasteiger partial charge in [-0.3, -0.25) is 0 Å². The van der Waals surface area contributed by atoms with Crippen molar-refractivity contribution in [3.8, 4) is 0 Å². The van der Waals surface area contributed by atoms with Gasteiger partial charge in [0.2, 0.25) is 0 Å². The lowest BCUT2D eigenvalue weighted by Crippen LogP contribution is -1.95. The third-order valence-electron chi connectivity index (χ3n) is 3.21. The lowest BCUT2D eigenvalue weighted by molar-refractivity contribution is 1.01. The zero-order chi connectivity index (χ0) is 11.1. The van der Waals surface area contributed by atoms with E-state index in [0.29, 0.717) is 6.54 Å². The zero-order valence-corrected chi connectivity index (χ0v) is 9.27. The van der Waals surface area contributed by atoms with Gasteiger partial charge in [0.25, 0.3) is 0 Å². The van der Waals surface area contributed by atoms with Crippen molar-refractivity contribution in [2.75, 3.05) is 0 Å². The van der Waals surface area contributed by atoms with Crippen molar-refractivity contribution >= 4 is 21.8 Å². The molecular weight excluding hydrogens is 196 g/mol. The maximum atomic E-state index is 5.68. The molecule has 16 heavy (non-hydrogen) atoms. The molecular formula is C14H14N2. The molecule has 3 rings (SSSR count). The van der Waals surface area contributed by atoms with Gasteiger partial charge in [-0.15, -0.1) is 0 Å². The molecule has 80 valence electrons. The van der Waals surface area contributed by atoms with Crippen LogP contribution in [-0.4, -0.2) is 4.57 Å². The second kappa shape index (κ2) is 3.35. The molecule has 2 aromatic carbocycles. The summed E-state index contributed by atoms with van der Waals surface area (Å²) in [7, 11) is 2.10. The van der Waals surface area contributed by atoms with E-state index in [4.69, 9.17) is 5.73 Å². The highest BCUT2D eigenvalue weighted by atomic mass is 14.9. The summed E-state index contributed by atoms with van der Waals surface area (Å²) in [5.74, 6) is 0. The average Bonchev–Trinajstić information content (AvgIpc) is 2.64. The lowest BCUT2D eigenvalue weighted by Gasteiger charge is -1.99. The number of hydrogen-bond acceptors (Lipinski definition) is 1. The second-order valence-corrected chi connectivity index (χ2v) is 4.13. The smallest absolute Gasteiger partial charge is 0.0488 e. The van der Waals surface area contributed by atoms with Gasteiger partial charge in [-0.05, 0) is 23.8 Å². The minimum Gasteiger partial charge on any atom is -0.344 e. The number of aromatic nitrogens is 1. The van der Waals surface area contributed by atoms with E-state index in [1.165, 1.54) is 27.4 Å². The van der Waals surface area contributed by atoms with Crippen LogP contribution in [0.3, 0.4) is 0 Å². The number of nitrogens with two attached hydrogens (primary N) is 1. The van der Waals surface area contributed by atoms with Crippen LogP contribution >= 0.6 is 0 Å². The predicted octanol–water partition coefficient (Wildman–Crippen LogP) is 2.79. The van der Waals surface area contributed by atoms with Crippen molar-refractivity contribution in [1.82, 2.24) is 4.57 Å². The van der Waals surface area contributed by atoms with Gasteiger partial charge in [-0.25, -0.2) is 0 Å². The Balaban J connectivity index is 2.52. The first-order valence-electron chi connectivity index (χ1n) is 5.47. The summed E-state index contributed by atoms with van der Waals surface area (Å²) in [6.07, 6.45) is 0. The molecule has 0 radical (unpaired) electrons. The number of para-hydroxylation sites is 1. The Kier molecular flexibility index (Phi) is 1.98. The maximum absolute atomic E-state index is 5.68. The van der Waals surface area contributed by atoms with Crippen molar-refractivity contribution in [1.29, 1.82) is 0 Å². The first-order valence-corrected chi connectivity index (χ1v) is 5.47. The van der Waals surface area contributed by atoms with Crippen LogP contribution < -0.4 is 5.73 Å². The van der Waals surface area contributed by atoms with Gasteiger partial charge in [0.05, 0.1) is 0 Å². The SMILES string of the molecule is Cn1c2ccccc2c2cc(CN)ccc21. The van der Waals surface area contributed by atoms with Gasteiger partial charge in [-0.2, -0.15) is 0 Å². The molecule has 0 saturated heterocycles. The van der Waals surface area contributed by atoms with E-state index in [0.717, 1.165) is 0 Å². The summed E-state index contributed by atoms with van der Waals surface area (Å²) < 4.78 is 2.23. The van der Waals surface area contributed by atoms with E-state index in [-0.39, 0.29) is 0 Å². The van der Waals surface area contributed by atoms with E-state index in [2.05, 4.69) is 54.1 Å². The van der Waals surface area contributed by atoms with Crippen LogP contribution in [0.15, 0.2) is 42.5 Å². The quantitative estimate of drug-likeness (QED) is 0.658. The molecule has 0 bridgehead atoms. The Labute approximate surface area is 94.3 Å². The van der Waals surface area contributed by atoms with Crippen LogP contribution in [0.2, 0.25) is 0 Å². The topological polar surface area (TPSA) is 30.9 Å². The van der Waals surface area contributed by atoms with E-state index >= 15 is 0 Å². The summed E-state index contributed by atoms with van der Waals surface area (Å²) in [5, 5.41) is 2.59. The van der Waals surface area contributed by atoms with Gasteiger partial charge in [0, 0.05) is 35.4 Å². The molecule has 1 heterocycles. The molecule has 0 aliphatic heterocycles. The first kappa shape index (κ1) is 9.43. The minimum atomic E-state index is 0.596. The number of hydrogen-bond donors (Lipinski definition) is 1. The Morgan fingerprint density at radius 2 is 1.75 bits per heavy atom. The molecule has 0 amide bonds. The molecule has 0 aliphatic rings. The Morgan fingerprint density at radius 1 is 1.00 bits per heavy atom. The van der Waals surface area contributed by atoms with E-state index < -0.39 is 0 Å². The average molecular weight is 210 g/mol. The first-order chi connectivity index (χ1) is 7.81. The van der Waals surface area contributed by atoms with Crippen LogP contribution in [-0.2, 0) is 13.6 Å². The summed E-state index contributed by atoms with van der Waals surface area (Å²) in [4.78, 5) is 0. The van der Waals surface area contributed by atoms with Crippen molar-refractivity contribution in [2.24, 2.45) is 12.8 Å². The van der Waals surface area contributed by atoms with Crippen LogP contribution in [0, 0.1) is 0 Å². The van der Waals surface area contributed by atoms with E-state index in [1.54, 1.807) is 0 Å². The highest BCUT2D eigenvalue weighted by molar-refractivity contribution is 6.08. The Morgan fingerprint density at radius 3 is 2.56 bits per heavy atom. The highest BCUT2D eigenvalue weighted by Gasteiger charge is 2.07. The summed E-state index contributed by atoms with van der Waals surface area (Å²) in [6.45, 7) is 0.596. The normalized spacial score (nSPS) is 11.4. The molecule has 0 unspecified atom stereocenters. The monoisotopic (exact) mass is 210 g/mol. The Hall–Kier alpha value is -1.80. The van der Waals surface area contributed by atoms with Crippen molar-refractivity contribution in [2.45, 2.75) is 6.54 Å². The third kappa shape index (κ3) is 1.17. The van der Waals surface area contributed by atoms with Crippen LogP contribution in [0.25, 0.3) is 21.8 Å². The zero-order valence-electron chi connectivity index (χ0n) is 9.27. The molecule has 2 nitrogen and oxygen atoms in total. The molecule has 3 aromatic rings. The molecule has 0 spiro atoms. The molecule has 0 atom stereocenters. The van der Waals surface area contributed by atoms with Gasteiger partial charge >= 0.3 is 0 Å². The molecule has 0 fully saturated rings. The molecule has 2 heteroatoms. The van der Waals surface area contributed by atoms with Crippen molar-refractivity contribution in [3.05, 3.63) is 48.0 Å². The van der Waals surface area contributed by atoms with Gasteiger partial charge in [0.15, 0.2) is 0 Å². The standard InChI is InChI=1S/C14H14N2/c1-16-13-5-3-2-4-11(13)12-8-10(9-15)6-7-14(12)16/h2-8H,9,15H2,1H3. The molecule has 0 saturated carbocycles. The van der Waals surface area contributed by atoms with Crippen molar-refractivity contribution in [3.63, 3.8) is 0 Å². The van der Waals surface area contributed by atoms with E-state index in [9.17, 15) is 0 Å². The molecule has 0 aliphatic carbocycles. The van der Waals surface area contributed by atoms with E-state index in [1.807, 2.05) is 0 Å². The van der Waals surface area contributed by atoms with Crippen LogP contribution in [0.4, 0.5) is 0 Å². The Bertz CT molecular complexity index is 665. The van der Waals surface area contributed by atoms with Gasteiger partial charge in [-0.1, -0.05) is 24.3 Å². The number of rotatable bonds is 1. The molecule has 2 N–H and O–H groups in total. The van der Waals surface area contributed by atoms with Crippen LogP contribution in [0.5, 0.6) is 0 Å². The lowest BCUT2D eigenvalue weighted by atomic mass is 10.1. The minimum absolute atomic E-state index is 0.596. The number of aryl methyl sites for hydroxylation is 1. The van der Waals surface area contributed by atoms with Crippen LogP contribution in [0.1, 0.15) is 5.56 Å². The summed E-state index contributed by atoms with van der Waals surface area (Å²) >= 11 is 0. The summed E-state index contributed by atoms with van der Waals surface area (Å²) in [5.41, 5.74) is 9.40. The van der Waals surface area contributed by atoms with Gasteiger partial charge in [0.1, 0.15) is 0 Å². The largest absolute Gasteiger partial charge is 0.344 e. The fourth-order valence-corrected chi connectivity index (χ4v) is 2.34. The fourth-order valence-electron chi connectivity index (χ4n) is 2.34. The molecule has 1 aromatic heterocycles. The summed E-state index contributed by atoms with van der Waals surface area (Å²) in [6, 6.07) is 14.9. The van der Waals surface area contributed by atoms with Gasteiger partial charge < -0.3 is 10.3 Å². The maximum Gasteiger partial charge on any atom is 0.0488 e. The number of benzene rings is 2. The fraction of sp³-hybridized carbons (Fsp3) is 0.143. The third-order valence-corrected chi connectivity index (χ3v) is 3.21.